The van der Waals surface area contributed by atoms with Gasteiger partial charge >= 0.3 is 0 Å². The summed E-state index contributed by atoms with van der Waals surface area (Å²) in [6, 6.07) is 0. The van der Waals surface area contributed by atoms with Gasteiger partial charge in [0.05, 0.1) is 0 Å². The summed E-state index contributed by atoms with van der Waals surface area (Å²) in [6.07, 6.45) is 17.0. The molecule has 0 unspecified atom stereocenters. The van der Waals surface area contributed by atoms with Crippen LogP contribution in [0.25, 0.3) is 0 Å². The van der Waals surface area contributed by atoms with E-state index in [0.29, 0.717) is 0 Å². The first kappa shape index (κ1) is 12.5. The highest BCUT2D eigenvalue weighted by Gasteiger charge is 2.06. The van der Waals surface area contributed by atoms with E-state index in [1.54, 1.807) is 11.1 Å². The molecule has 0 heterocycles. The number of allylic oxidation sites excluding steroid dienone is 4. The minimum absolute atomic E-state index is 1.22. The van der Waals surface area contributed by atoms with Crippen molar-refractivity contribution in [1.29, 1.82) is 0 Å². The zero-order valence-corrected chi connectivity index (χ0v) is 10.5. The third kappa shape index (κ3) is 4.68. The molecule has 0 nitrogen and oxygen atoms in total. The topological polar surface area (TPSA) is 0 Å². The summed E-state index contributed by atoms with van der Waals surface area (Å²) in [7, 11) is 0. The standard InChI is InChI=1S/C15H26/c1-3-5-6-7-8-9-11-15-13-10-12-14(15)4-2/h10,12H,3-9,11,13H2,1-2H3. The van der Waals surface area contributed by atoms with Gasteiger partial charge in [-0.3, -0.25) is 0 Å². The van der Waals surface area contributed by atoms with Crippen molar-refractivity contribution in [3.05, 3.63) is 23.3 Å². The zero-order chi connectivity index (χ0) is 10.9. The summed E-state index contributed by atoms with van der Waals surface area (Å²) in [5.74, 6) is 0. The van der Waals surface area contributed by atoms with Crippen LogP contribution in [0.3, 0.4) is 0 Å². The number of rotatable bonds is 8. The van der Waals surface area contributed by atoms with Gasteiger partial charge in [0.1, 0.15) is 0 Å². The van der Waals surface area contributed by atoms with Crippen molar-refractivity contribution < 1.29 is 0 Å². The lowest BCUT2D eigenvalue weighted by atomic mass is 10.0. The van der Waals surface area contributed by atoms with Crippen LogP contribution < -0.4 is 0 Å². The van der Waals surface area contributed by atoms with Gasteiger partial charge in [0.2, 0.25) is 0 Å². The first-order valence-electron chi connectivity index (χ1n) is 6.76. The lowest BCUT2D eigenvalue weighted by Gasteiger charge is -2.05. The Morgan fingerprint density at radius 2 is 1.73 bits per heavy atom. The predicted octanol–water partition coefficient (Wildman–Crippen LogP) is 5.40. The fourth-order valence-electron chi connectivity index (χ4n) is 2.34. The normalized spacial score (nSPS) is 15.3. The van der Waals surface area contributed by atoms with Crippen molar-refractivity contribution in [2.45, 2.75) is 71.6 Å². The largest absolute Gasteiger partial charge is 0.0802 e. The number of unbranched alkanes of at least 4 members (excludes halogenated alkanes) is 5. The van der Waals surface area contributed by atoms with Gasteiger partial charge in [-0.2, -0.15) is 0 Å². The molecule has 0 aromatic rings. The Morgan fingerprint density at radius 1 is 1.00 bits per heavy atom. The lowest BCUT2D eigenvalue weighted by molar-refractivity contribution is 0.604. The molecule has 0 fully saturated rings. The van der Waals surface area contributed by atoms with Gasteiger partial charge in [0.15, 0.2) is 0 Å². The van der Waals surface area contributed by atoms with Crippen LogP contribution >= 0.6 is 0 Å². The lowest BCUT2D eigenvalue weighted by Crippen LogP contribution is -1.86. The van der Waals surface area contributed by atoms with Crippen molar-refractivity contribution in [2.75, 3.05) is 0 Å². The molecule has 0 saturated carbocycles. The van der Waals surface area contributed by atoms with Crippen LogP contribution in [0, 0.1) is 0 Å². The van der Waals surface area contributed by atoms with E-state index in [9.17, 15) is 0 Å². The Labute approximate surface area is 95.5 Å². The molecular formula is C15H26. The van der Waals surface area contributed by atoms with Gasteiger partial charge in [-0.15, -0.1) is 0 Å². The average Bonchev–Trinajstić information content (AvgIpc) is 2.70. The molecule has 0 bridgehead atoms. The van der Waals surface area contributed by atoms with Crippen LogP contribution in [0.1, 0.15) is 71.6 Å². The molecule has 0 aromatic heterocycles. The summed E-state index contributed by atoms with van der Waals surface area (Å²) in [5.41, 5.74) is 3.33. The molecule has 86 valence electrons. The molecular weight excluding hydrogens is 180 g/mol. The predicted molar refractivity (Wildman–Crippen MR) is 69.1 cm³/mol. The Balaban J connectivity index is 2.05. The van der Waals surface area contributed by atoms with Gasteiger partial charge in [0.25, 0.3) is 0 Å². The van der Waals surface area contributed by atoms with Gasteiger partial charge in [-0.1, -0.05) is 63.7 Å². The molecule has 0 aliphatic heterocycles. The van der Waals surface area contributed by atoms with Gasteiger partial charge in [-0.05, 0) is 31.3 Å². The van der Waals surface area contributed by atoms with Crippen molar-refractivity contribution in [2.24, 2.45) is 0 Å². The zero-order valence-electron chi connectivity index (χ0n) is 10.5. The third-order valence-corrected chi connectivity index (χ3v) is 3.35. The molecule has 0 amide bonds. The van der Waals surface area contributed by atoms with Crippen molar-refractivity contribution in [3.8, 4) is 0 Å². The summed E-state index contributed by atoms with van der Waals surface area (Å²) < 4.78 is 0. The minimum atomic E-state index is 1.22. The highest BCUT2D eigenvalue weighted by atomic mass is 14.1. The number of hydrogen-bond acceptors (Lipinski definition) is 0. The van der Waals surface area contributed by atoms with E-state index < -0.39 is 0 Å². The van der Waals surface area contributed by atoms with Crippen LogP contribution in [-0.4, -0.2) is 0 Å². The highest BCUT2D eigenvalue weighted by molar-refractivity contribution is 5.33. The number of hydrogen-bond donors (Lipinski definition) is 0. The second-order valence-electron chi connectivity index (χ2n) is 4.61. The molecule has 0 atom stereocenters. The first-order chi connectivity index (χ1) is 7.38. The fraction of sp³-hybridized carbons (Fsp3) is 0.733. The molecule has 0 spiro atoms. The maximum absolute atomic E-state index is 2.33. The van der Waals surface area contributed by atoms with Crippen molar-refractivity contribution in [1.82, 2.24) is 0 Å². The Hall–Kier alpha value is -0.520. The van der Waals surface area contributed by atoms with E-state index in [-0.39, 0.29) is 0 Å². The van der Waals surface area contributed by atoms with E-state index in [0.717, 1.165) is 0 Å². The van der Waals surface area contributed by atoms with Crippen LogP contribution in [0.5, 0.6) is 0 Å². The average molecular weight is 206 g/mol. The smallest absolute Gasteiger partial charge is 0.0130 e. The van der Waals surface area contributed by atoms with Gasteiger partial charge in [0, 0.05) is 0 Å². The Bertz CT molecular complexity index is 220. The van der Waals surface area contributed by atoms with Crippen LogP contribution in [0.2, 0.25) is 0 Å². The molecule has 1 aliphatic rings. The SMILES string of the molecule is CCCCCCCCC1=C(CC)C=CC1. The van der Waals surface area contributed by atoms with E-state index in [1.165, 1.54) is 57.8 Å². The van der Waals surface area contributed by atoms with Crippen LogP contribution in [0.15, 0.2) is 23.3 Å². The minimum Gasteiger partial charge on any atom is -0.0802 e. The van der Waals surface area contributed by atoms with E-state index >= 15 is 0 Å². The summed E-state index contributed by atoms with van der Waals surface area (Å²) in [6.45, 7) is 4.55. The summed E-state index contributed by atoms with van der Waals surface area (Å²) >= 11 is 0. The van der Waals surface area contributed by atoms with Crippen LogP contribution in [0.4, 0.5) is 0 Å². The van der Waals surface area contributed by atoms with Gasteiger partial charge in [-0.25, -0.2) is 0 Å². The second-order valence-corrected chi connectivity index (χ2v) is 4.61. The molecule has 15 heavy (non-hydrogen) atoms. The maximum Gasteiger partial charge on any atom is -0.0130 e. The Morgan fingerprint density at radius 3 is 2.47 bits per heavy atom. The van der Waals surface area contributed by atoms with E-state index in [1.807, 2.05) is 0 Å². The van der Waals surface area contributed by atoms with Crippen LogP contribution in [-0.2, 0) is 0 Å². The highest BCUT2D eigenvalue weighted by Crippen LogP contribution is 2.26. The molecule has 1 rings (SSSR count). The Kier molecular flexibility index (Phi) is 6.47. The molecule has 0 radical (unpaired) electrons. The maximum atomic E-state index is 2.33. The van der Waals surface area contributed by atoms with E-state index in [4.69, 9.17) is 0 Å². The summed E-state index contributed by atoms with van der Waals surface area (Å²) in [5, 5.41) is 0. The third-order valence-electron chi connectivity index (χ3n) is 3.35. The first-order valence-corrected chi connectivity index (χ1v) is 6.76. The van der Waals surface area contributed by atoms with Gasteiger partial charge < -0.3 is 0 Å². The summed E-state index contributed by atoms with van der Waals surface area (Å²) in [4.78, 5) is 0. The quantitative estimate of drug-likeness (QED) is 0.466. The van der Waals surface area contributed by atoms with Crippen molar-refractivity contribution in [3.63, 3.8) is 0 Å². The monoisotopic (exact) mass is 206 g/mol. The molecule has 1 aliphatic carbocycles. The van der Waals surface area contributed by atoms with Crippen molar-refractivity contribution >= 4 is 0 Å². The second kappa shape index (κ2) is 7.73. The molecule has 0 aromatic carbocycles. The van der Waals surface area contributed by atoms with E-state index in [2.05, 4.69) is 26.0 Å². The fourth-order valence-corrected chi connectivity index (χ4v) is 2.34. The molecule has 0 saturated heterocycles. The molecule has 0 N–H and O–H groups in total. The molecule has 0 heteroatoms.